The third-order valence-electron chi connectivity index (χ3n) is 2.98. The van der Waals surface area contributed by atoms with Gasteiger partial charge in [-0.05, 0) is 6.92 Å². The van der Waals surface area contributed by atoms with Crippen molar-refractivity contribution in [3.8, 4) is 0 Å². The summed E-state index contributed by atoms with van der Waals surface area (Å²) in [6.07, 6.45) is 4.08. The van der Waals surface area contributed by atoms with E-state index in [-0.39, 0.29) is 18.0 Å². The molecule has 2 heterocycles. The smallest absolute Gasteiger partial charge is 0.224 e. The Kier molecular flexibility index (Phi) is 2.48. The molecular weight excluding hydrogens is 192 g/mol. The molecule has 2 atom stereocenters. The fourth-order valence-corrected chi connectivity index (χ4v) is 2.12. The molecule has 1 aliphatic rings. The molecule has 1 amide bonds. The second-order valence-electron chi connectivity index (χ2n) is 3.89. The average molecular weight is 208 g/mol. The maximum atomic E-state index is 11.5. The van der Waals surface area contributed by atoms with E-state index in [0.29, 0.717) is 6.42 Å². The predicted molar refractivity (Wildman–Crippen MR) is 56.0 cm³/mol. The summed E-state index contributed by atoms with van der Waals surface area (Å²) < 4.78 is 2.03. The molecule has 1 aromatic rings. The fourth-order valence-electron chi connectivity index (χ4n) is 2.12. The number of nitrogens with zero attached hydrogens (tertiary/aromatic N) is 3. The van der Waals surface area contributed by atoms with E-state index in [1.54, 1.807) is 18.1 Å². The number of hydrogen-bond donors (Lipinski definition) is 1. The van der Waals surface area contributed by atoms with Crippen LogP contribution in [0.2, 0.25) is 0 Å². The third-order valence-corrected chi connectivity index (χ3v) is 2.98. The molecule has 2 rings (SSSR count). The van der Waals surface area contributed by atoms with Gasteiger partial charge < -0.3 is 15.2 Å². The van der Waals surface area contributed by atoms with Crippen LogP contribution in [0.15, 0.2) is 12.4 Å². The summed E-state index contributed by atoms with van der Waals surface area (Å²) in [5.74, 6) is 0.983. The zero-order valence-electron chi connectivity index (χ0n) is 9.05. The molecule has 1 fully saturated rings. The van der Waals surface area contributed by atoms with Crippen LogP contribution < -0.4 is 5.73 Å². The van der Waals surface area contributed by atoms with Crippen molar-refractivity contribution >= 4 is 5.91 Å². The first-order valence-electron chi connectivity index (χ1n) is 5.17. The van der Waals surface area contributed by atoms with Crippen LogP contribution in [0.4, 0.5) is 0 Å². The lowest BCUT2D eigenvalue weighted by Crippen LogP contribution is -2.32. The van der Waals surface area contributed by atoms with E-state index in [1.807, 2.05) is 17.7 Å². The maximum Gasteiger partial charge on any atom is 0.224 e. The molecule has 0 aliphatic carbocycles. The van der Waals surface area contributed by atoms with E-state index in [0.717, 1.165) is 12.4 Å². The highest BCUT2D eigenvalue weighted by molar-refractivity contribution is 5.79. The normalized spacial score (nSPS) is 26.3. The summed E-state index contributed by atoms with van der Waals surface area (Å²) in [7, 11) is 1.79. The molecule has 5 nitrogen and oxygen atoms in total. The van der Waals surface area contributed by atoms with Gasteiger partial charge in [-0.25, -0.2) is 4.98 Å². The lowest BCUT2D eigenvalue weighted by molar-refractivity contribution is -0.127. The molecule has 1 aromatic heterocycles. The number of likely N-dealkylation sites (N-methyl/N-ethyl adjacent to an activating group) is 1. The third kappa shape index (κ3) is 1.52. The second kappa shape index (κ2) is 3.66. The van der Waals surface area contributed by atoms with E-state index in [9.17, 15) is 4.79 Å². The van der Waals surface area contributed by atoms with Crippen molar-refractivity contribution < 1.29 is 4.79 Å². The summed E-state index contributed by atoms with van der Waals surface area (Å²) in [6.45, 7) is 2.90. The van der Waals surface area contributed by atoms with E-state index >= 15 is 0 Å². The maximum absolute atomic E-state index is 11.5. The van der Waals surface area contributed by atoms with Crippen molar-refractivity contribution in [2.24, 2.45) is 5.73 Å². The van der Waals surface area contributed by atoms with Crippen molar-refractivity contribution in [3.05, 3.63) is 18.2 Å². The number of amides is 1. The van der Waals surface area contributed by atoms with Crippen LogP contribution in [0.3, 0.4) is 0 Å². The molecular formula is C10H16N4O. The number of aryl methyl sites for hydroxylation is 1. The van der Waals surface area contributed by atoms with Crippen LogP contribution >= 0.6 is 0 Å². The van der Waals surface area contributed by atoms with Gasteiger partial charge >= 0.3 is 0 Å². The van der Waals surface area contributed by atoms with Crippen LogP contribution in [-0.2, 0) is 11.3 Å². The zero-order chi connectivity index (χ0) is 11.0. The van der Waals surface area contributed by atoms with E-state index < -0.39 is 0 Å². The highest BCUT2D eigenvalue weighted by atomic mass is 16.2. The van der Waals surface area contributed by atoms with Gasteiger partial charge in [0.05, 0.1) is 0 Å². The Hall–Kier alpha value is -1.36. The van der Waals surface area contributed by atoms with Crippen LogP contribution in [0.1, 0.15) is 25.2 Å². The molecule has 0 saturated carbocycles. The number of carbonyl (C=O) groups excluding carboxylic acids is 1. The van der Waals surface area contributed by atoms with Crippen molar-refractivity contribution in [2.75, 3.05) is 7.05 Å². The van der Waals surface area contributed by atoms with Gasteiger partial charge in [0.15, 0.2) is 0 Å². The first kappa shape index (κ1) is 10.2. The number of rotatable bonds is 2. The SMILES string of the molecule is CCn1ccnc1[C@@H]1[C@@H](N)CC(=O)N1C. The molecule has 2 N–H and O–H groups in total. The standard InChI is InChI=1S/C10H16N4O/c1-3-14-5-4-12-10(14)9-7(11)6-8(15)13(9)2/h4-5,7,9H,3,6,11H2,1-2H3/t7-,9-/m0/s1. The summed E-state index contributed by atoms with van der Waals surface area (Å²) >= 11 is 0. The van der Waals surface area contributed by atoms with Crippen LogP contribution in [0.25, 0.3) is 0 Å². The Morgan fingerprint density at radius 3 is 2.93 bits per heavy atom. The van der Waals surface area contributed by atoms with Crippen LogP contribution in [0.5, 0.6) is 0 Å². The van der Waals surface area contributed by atoms with E-state index in [1.165, 1.54) is 0 Å². The van der Waals surface area contributed by atoms with Gasteiger partial charge in [-0.15, -0.1) is 0 Å². The number of likely N-dealkylation sites (tertiary alicyclic amines) is 1. The topological polar surface area (TPSA) is 64.2 Å². The average Bonchev–Trinajstić information content (AvgIpc) is 2.73. The zero-order valence-corrected chi connectivity index (χ0v) is 9.05. The quantitative estimate of drug-likeness (QED) is 0.751. The Balaban J connectivity index is 2.34. The minimum atomic E-state index is -0.143. The minimum absolute atomic E-state index is 0.0764. The first-order valence-corrected chi connectivity index (χ1v) is 5.17. The van der Waals surface area contributed by atoms with Crippen LogP contribution in [-0.4, -0.2) is 33.4 Å². The molecule has 1 saturated heterocycles. The first-order chi connectivity index (χ1) is 7.15. The Bertz CT molecular complexity index is 373. The summed E-state index contributed by atoms with van der Waals surface area (Å²) in [5, 5.41) is 0. The number of aromatic nitrogens is 2. The predicted octanol–water partition coefficient (Wildman–Crippen LogP) is 0.133. The largest absolute Gasteiger partial charge is 0.334 e. The highest BCUT2D eigenvalue weighted by Crippen LogP contribution is 2.29. The molecule has 0 radical (unpaired) electrons. The minimum Gasteiger partial charge on any atom is -0.334 e. The van der Waals surface area contributed by atoms with Gasteiger partial charge in [0.2, 0.25) is 5.91 Å². The van der Waals surface area contributed by atoms with Gasteiger partial charge in [-0.1, -0.05) is 0 Å². The van der Waals surface area contributed by atoms with Gasteiger partial charge in [-0.2, -0.15) is 0 Å². The van der Waals surface area contributed by atoms with Gasteiger partial charge in [0.1, 0.15) is 11.9 Å². The number of hydrogen-bond acceptors (Lipinski definition) is 3. The molecule has 82 valence electrons. The molecule has 0 aromatic carbocycles. The van der Waals surface area contributed by atoms with Crippen molar-refractivity contribution in [1.82, 2.24) is 14.5 Å². The highest BCUT2D eigenvalue weighted by Gasteiger charge is 2.38. The van der Waals surface area contributed by atoms with E-state index in [4.69, 9.17) is 5.73 Å². The lowest BCUT2D eigenvalue weighted by Gasteiger charge is -2.22. The molecule has 0 bridgehead atoms. The molecule has 1 aliphatic heterocycles. The number of carbonyl (C=O) groups is 1. The lowest BCUT2D eigenvalue weighted by atomic mass is 10.1. The second-order valence-corrected chi connectivity index (χ2v) is 3.89. The molecule has 5 heteroatoms. The van der Waals surface area contributed by atoms with Crippen molar-refractivity contribution in [3.63, 3.8) is 0 Å². The summed E-state index contributed by atoms with van der Waals surface area (Å²) in [6, 6.07) is -0.220. The van der Waals surface area contributed by atoms with Crippen LogP contribution in [0, 0.1) is 0 Å². The molecule has 15 heavy (non-hydrogen) atoms. The Morgan fingerprint density at radius 2 is 2.40 bits per heavy atom. The molecule has 0 unspecified atom stereocenters. The fraction of sp³-hybridized carbons (Fsp3) is 0.600. The van der Waals surface area contributed by atoms with E-state index in [2.05, 4.69) is 4.98 Å². The van der Waals surface area contributed by atoms with Gasteiger partial charge in [-0.3, -0.25) is 4.79 Å². The van der Waals surface area contributed by atoms with Gasteiger partial charge in [0.25, 0.3) is 0 Å². The Morgan fingerprint density at radius 1 is 1.67 bits per heavy atom. The van der Waals surface area contributed by atoms with Crippen molar-refractivity contribution in [1.29, 1.82) is 0 Å². The molecule has 0 spiro atoms. The van der Waals surface area contributed by atoms with Gasteiger partial charge in [0, 0.05) is 38.4 Å². The monoisotopic (exact) mass is 208 g/mol. The van der Waals surface area contributed by atoms with Crippen molar-refractivity contribution in [2.45, 2.75) is 32.0 Å². The summed E-state index contributed by atoms with van der Waals surface area (Å²) in [4.78, 5) is 17.5. The summed E-state index contributed by atoms with van der Waals surface area (Å²) in [5.41, 5.74) is 5.96. The number of nitrogens with two attached hydrogens (primary N) is 1. The Labute approximate surface area is 88.9 Å². The number of imidazole rings is 1.